The zero-order chi connectivity index (χ0) is 11.3. The van der Waals surface area contributed by atoms with E-state index in [-0.39, 0.29) is 5.94 Å². The number of nitrogens with zero attached hydrogens (tertiary/aromatic N) is 1. The number of hydrogen-bond acceptors (Lipinski definition) is 4. The van der Waals surface area contributed by atoms with Gasteiger partial charge in [0.25, 0.3) is 5.90 Å². The number of aromatic nitrogens is 1. The van der Waals surface area contributed by atoms with Crippen LogP contribution in [-0.2, 0) is 13.7 Å². The monoisotopic (exact) mass is 270 g/mol. The minimum absolute atomic E-state index is 0.0872. The average molecular weight is 270 g/mol. The minimum Gasteiger partial charge on any atom is -0.321 e. The van der Waals surface area contributed by atoms with Gasteiger partial charge in [-0.25, -0.2) is 0 Å². The third-order valence-corrected chi connectivity index (χ3v) is 5.03. The molecule has 9 heteroatoms. The highest BCUT2D eigenvalue weighted by molar-refractivity contribution is 7.97. The Kier molecular flexibility index (Phi) is 4.99. The molecule has 0 aliphatic heterocycles. The molecule has 1 aromatic rings. The van der Waals surface area contributed by atoms with E-state index < -0.39 is 21.5 Å². The summed E-state index contributed by atoms with van der Waals surface area (Å²) in [5.74, 6) is -0.640. The van der Waals surface area contributed by atoms with Crippen molar-refractivity contribution in [2.45, 2.75) is 0 Å². The Balaban J connectivity index is 2.21. The van der Waals surface area contributed by atoms with Gasteiger partial charge in [0, 0.05) is 12.4 Å². The molecule has 0 radical (unpaired) electrons. The SMILES string of the molecule is O=[P+](CP(=O)(O)O)OCSn1cccc1. The first kappa shape index (κ1) is 12.9. The molecule has 1 atom stereocenters. The predicted molar refractivity (Wildman–Crippen MR) is 57.9 cm³/mol. The minimum atomic E-state index is -4.25. The molecule has 0 aromatic carbocycles. The molecule has 1 heterocycles. The van der Waals surface area contributed by atoms with Crippen LogP contribution in [0.1, 0.15) is 0 Å². The number of hydrogen-bond donors (Lipinski definition) is 2. The molecule has 0 spiro atoms. The molecule has 15 heavy (non-hydrogen) atoms. The molecule has 6 nitrogen and oxygen atoms in total. The Bertz CT molecular complexity index is 362. The Morgan fingerprint density at radius 3 is 2.53 bits per heavy atom. The van der Waals surface area contributed by atoms with Crippen molar-refractivity contribution in [3.8, 4) is 0 Å². The van der Waals surface area contributed by atoms with Crippen molar-refractivity contribution in [3.63, 3.8) is 0 Å². The van der Waals surface area contributed by atoms with Gasteiger partial charge in [-0.15, -0.1) is 4.52 Å². The maximum absolute atomic E-state index is 11.0. The lowest BCUT2D eigenvalue weighted by Gasteiger charge is -1.97. The largest absolute Gasteiger partial charge is 0.522 e. The maximum atomic E-state index is 11.0. The summed E-state index contributed by atoms with van der Waals surface area (Å²) in [6.07, 6.45) is 3.56. The van der Waals surface area contributed by atoms with Crippen LogP contribution in [0.3, 0.4) is 0 Å². The second-order valence-electron chi connectivity index (χ2n) is 2.56. The first-order valence-corrected chi connectivity index (χ1v) is 7.96. The topological polar surface area (TPSA) is 88.8 Å². The van der Waals surface area contributed by atoms with Crippen LogP contribution in [-0.4, -0.2) is 25.6 Å². The highest BCUT2D eigenvalue weighted by Crippen LogP contribution is 2.45. The molecule has 84 valence electrons. The second kappa shape index (κ2) is 5.80. The lowest BCUT2D eigenvalue weighted by Crippen LogP contribution is -1.89. The summed E-state index contributed by atoms with van der Waals surface area (Å²) in [7, 11) is -6.54. The lowest BCUT2D eigenvalue weighted by atomic mass is 10.7. The summed E-state index contributed by atoms with van der Waals surface area (Å²) in [6, 6.07) is 3.64. The molecule has 1 aromatic heterocycles. The van der Waals surface area contributed by atoms with Crippen molar-refractivity contribution >= 4 is 27.6 Å². The molecule has 1 rings (SSSR count). The molecule has 0 saturated carbocycles. The fraction of sp³-hybridized carbons (Fsp3) is 0.333. The predicted octanol–water partition coefficient (Wildman–Crippen LogP) is 1.84. The van der Waals surface area contributed by atoms with E-state index in [1.807, 2.05) is 12.1 Å². The Morgan fingerprint density at radius 1 is 1.40 bits per heavy atom. The zero-order valence-electron chi connectivity index (χ0n) is 7.59. The van der Waals surface area contributed by atoms with E-state index in [0.717, 1.165) is 0 Å². The highest BCUT2D eigenvalue weighted by Gasteiger charge is 2.31. The van der Waals surface area contributed by atoms with Gasteiger partial charge in [-0.3, -0.25) is 8.54 Å². The first-order chi connectivity index (χ1) is 6.97. The van der Waals surface area contributed by atoms with Gasteiger partial charge in [0.1, 0.15) is 0 Å². The molecule has 0 aliphatic carbocycles. The van der Waals surface area contributed by atoms with Crippen LogP contribution in [0.25, 0.3) is 0 Å². The van der Waals surface area contributed by atoms with E-state index in [2.05, 4.69) is 0 Å². The smallest absolute Gasteiger partial charge is 0.321 e. The van der Waals surface area contributed by atoms with Gasteiger partial charge in [0.2, 0.25) is 0 Å². The van der Waals surface area contributed by atoms with Crippen LogP contribution in [0.15, 0.2) is 24.5 Å². The van der Waals surface area contributed by atoms with E-state index >= 15 is 0 Å². The molecular weight excluding hydrogens is 260 g/mol. The van der Waals surface area contributed by atoms with Crippen molar-refractivity contribution in [2.24, 2.45) is 0 Å². The van der Waals surface area contributed by atoms with Crippen LogP contribution in [0.5, 0.6) is 0 Å². The van der Waals surface area contributed by atoms with Crippen LogP contribution in [0, 0.1) is 0 Å². The van der Waals surface area contributed by atoms with Crippen molar-refractivity contribution in [1.82, 2.24) is 3.97 Å². The van der Waals surface area contributed by atoms with E-state index in [4.69, 9.17) is 14.3 Å². The molecule has 1 unspecified atom stereocenters. The molecular formula is C6H10NO5P2S+. The van der Waals surface area contributed by atoms with Crippen LogP contribution in [0.2, 0.25) is 0 Å². The van der Waals surface area contributed by atoms with Gasteiger partial charge in [0.15, 0.2) is 5.94 Å². The Morgan fingerprint density at radius 2 is 2.00 bits per heavy atom. The van der Waals surface area contributed by atoms with Gasteiger partial charge in [0.05, 0.1) is 0 Å². The fourth-order valence-electron chi connectivity index (χ4n) is 0.739. The third-order valence-electron chi connectivity index (χ3n) is 1.28. The Labute approximate surface area is 91.8 Å². The van der Waals surface area contributed by atoms with Crippen LogP contribution >= 0.6 is 27.6 Å². The summed E-state index contributed by atoms with van der Waals surface area (Å²) in [6.45, 7) is 0. The van der Waals surface area contributed by atoms with Gasteiger partial charge >= 0.3 is 15.6 Å². The van der Waals surface area contributed by atoms with E-state index in [0.29, 0.717) is 0 Å². The van der Waals surface area contributed by atoms with Crippen LogP contribution < -0.4 is 0 Å². The van der Waals surface area contributed by atoms with E-state index in [1.165, 1.54) is 11.9 Å². The van der Waals surface area contributed by atoms with E-state index in [1.54, 1.807) is 16.4 Å². The van der Waals surface area contributed by atoms with Crippen molar-refractivity contribution < 1.29 is 23.4 Å². The highest BCUT2D eigenvalue weighted by atomic mass is 32.2. The van der Waals surface area contributed by atoms with Crippen molar-refractivity contribution in [3.05, 3.63) is 24.5 Å². The Hall–Kier alpha value is -0.160. The first-order valence-electron chi connectivity index (χ1n) is 3.86. The molecule has 0 fully saturated rings. The molecule has 0 amide bonds. The standard InChI is InChI=1S/C6H9NO5P2S/c8-13(6-14(9,10)11)12-5-15-7-3-1-2-4-7/h1-4H,5-6H2,(H-,9,10,11)/p+1. The quantitative estimate of drug-likeness (QED) is 0.605. The van der Waals surface area contributed by atoms with Crippen molar-refractivity contribution in [1.29, 1.82) is 0 Å². The van der Waals surface area contributed by atoms with Gasteiger partial charge in [-0.05, 0) is 28.6 Å². The second-order valence-corrected chi connectivity index (χ2v) is 6.86. The van der Waals surface area contributed by atoms with Crippen molar-refractivity contribution in [2.75, 3.05) is 11.8 Å². The van der Waals surface area contributed by atoms with Gasteiger partial charge < -0.3 is 9.79 Å². The van der Waals surface area contributed by atoms with E-state index in [9.17, 15) is 9.13 Å². The normalized spacial score (nSPS) is 12.8. The third kappa shape index (κ3) is 6.10. The molecule has 0 saturated heterocycles. The summed E-state index contributed by atoms with van der Waals surface area (Å²) in [5.41, 5.74) is 0. The van der Waals surface area contributed by atoms with Gasteiger partial charge in [-0.2, -0.15) is 0 Å². The lowest BCUT2D eigenvalue weighted by molar-refractivity contribution is 0.369. The number of rotatable bonds is 6. The average Bonchev–Trinajstić information content (AvgIpc) is 2.53. The summed E-state index contributed by atoms with van der Waals surface area (Å²) in [4.78, 5) is 17.0. The molecule has 0 aliphatic rings. The molecule has 0 bridgehead atoms. The molecule has 2 N–H and O–H groups in total. The van der Waals surface area contributed by atoms with Gasteiger partial charge in [-0.1, -0.05) is 0 Å². The van der Waals surface area contributed by atoms with Crippen LogP contribution in [0.4, 0.5) is 0 Å². The summed E-state index contributed by atoms with van der Waals surface area (Å²) >= 11 is 1.24. The zero-order valence-corrected chi connectivity index (χ0v) is 10.2. The summed E-state index contributed by atoms with van der Waals surface area (Å²) < 4.78 is 27.9. The summed E-state index contributed by atoms with van der Waals surface area (Å²) in [5, 5.41) is 0. The maximum Gasteiger partial charge on any atom is 0.522 e. The fourth-order valence-corrected chi connectivity index (χ4v) is 3.36.